The second-order valence-electron chi connectivity index (χ2n) is 5.62. The summed E-state index contributed by atoms with van der Waals surface area (Å²) >= 11 is 5.67. The lowest BCUT2D eigenvalue weighted by molar-refractivity contribution is 0.0930. The fourth-order valence-corrected chi connectivity index (χ4v) is 2.00. The van der Waals surface area contributed by atoms with Crippen molar-refractivity contribution >= 4 is 17.5 Å². The number of hydrogen-bond acceptors (Lipinski definition) is 1. The maximum atomic E-state index is 13.6. The summed E-state index contributed by atoms with van der Waals surface area (Å²) in [7, 11) is 0. The zero-order valence-corrected chi connectivity index (χ0v) is 12.5. The van der Waals surface area contributed by atoms with Gasteiger partial charge >= 0.3 is 0 Å². The van der Waals surface area contributed by atoms with Gasteiger partial charge in [-0.05, 0) is 37.3 Å². The minimum absolute atomic E-state index is 0.0369. The molecule has 0 radical (unpaired) electrons. The van der Waals surface area contributed by atoms with E-state index < -0.39 is 5.82 Å². The van der Waals surface area contributed by atoms with Crippen LogP contribution in [0, 0.1) is 18.2 Å². The lowest BCUT2D eigenvalue weighted by atomic mass is 9.88. The van der Waals surface area contributed by atoms with E-state index in [-0.39, 0.29) is 16.9 Å². The van der Waals surface area contributed by atoms with Crippen LogP contribution in [0.3, 0.4) is 0 Å². The SMILES string of the molecule is Cc1ccc(F)c(C(=O)NCC(C)(C)CCCCl)c1. The third-order valence-corrected chi connectivity index (χ3v) is 3.35. The Labute approximate surface area is 119 Å². The first-order chi connectivity index (χ1) is 8.85. The Kier molecular flexibility index (Phi) is 5.80. The van der Waals surface area contributed by atoms with E-state index >= 15 is 0 Å². The Hall–Kier alpha value is -1.09. The van der Waals surface area contributed by atoms with Crippen molar-refractivity contribution in [2.24, 2.45) is 5.41 Å². The molecule has 1 aromatic carbocycles. The molecule has 0 aliphatic carbocycles. The van der Waals surface area contributed by atoms with Gasteiger partial charge in [-0.2, -0.15) is 0 Å². The van der Waals surface area contributed by atoms with E-state index in [1.165, 1.54) is 6.07 Å². The molecule has 0 aliphatic rings. The molecule has 1 rings (SSSR count). The van der Waals surface area contributed by atoms with Crippen LogP contribution in [0.1, 0.15) is 42.6 Å². The van der Waals surface area contributed by atoms with Crippen LogP contribution in [-0.4, -0.2) is 18.3 Å². The molecule has 0 spiro atoms. The van der Waals surface area contributed by atoms with Crippen molar-refractivity contribution in [3.05, 3.63) is 35.1 Å². The topological polar surface area (TPSA) is 29.1 Å². The average molecular weight is 286 g/mol. The first-order valence-corrected chi connectivity index (χ1v) is 6.99. The van der Waals surface area contributed by atoms with E-state index in [1.54, 1.807) is 12.1 Å². The highest BCUT2D eigenvalue weighted by molar-refractivity contribution is 6.17. The summed E-state index contributed by atoms with van der Waals surface area (Å²) in [6, 6.07) is 4.54. The van der Waals surface area contributed by atoms with Crippen LogP contribution < -0.4 is 5.32 Å². The van der Waals surface area contributed by atoms with Gasteiger partial charge in [0.05, 0.1) is 5.56 Å². The summed E-state index contributed by atoms with van der Waals surface area (Å²) in [5, 5.41) is 2.79. The Bertz CT molecular complexity index is 446. The molecule has 0 bridgehead atoms. The van der Waals surface area contributed by atoms with Crippen molar-refractivity contribution in [3.63, 3.8) is 0 Å². The third-order valence-electron chi connectivity index (χ3n) is 3.08. The lowest BCUT2D eigenvalue weighted by Gasteiger charge is -2.24. The molecule has 0 heterocycles. The molecule has 19 heavy (non-hydrogen) atoms. The van der Waals surface area contributed by atoms with Crippen LogP contribution in [-0.2, 0) is 0 Å². The second-order valence-corrected chi connectivity index (χ2v) is 6.00. The smallest absolute Gasteiger partial charge is 0.254 e. The summed E-state index contributed by atoms with van der Waals surface area (Å²) in [5.74, 6) is -0.231. The van der Waals surface area contributed by atoms with Gasteiger partial charge in [0.25, 0.3) is 5.91 Å². The van der Waals surface area contributed by atoms with Gasteiger partial charge in [0, 0.05) is 12.4 Å². The van der Waals surface area contributed by atoms with Crippen LogP contribution in [0.25, 0.3) is 0 Å². The average Bonchev–Trinajstić information content (AvgIpc) is 2.36. The molecule has 1 N–H and O–H groups in total. The highest BCUT2D eigenvalue weighted by Crippen LogP contribution is 2.21. The van der Waals surface area contributed by atoms with Crippen molar-refractivity contribution in [1.29, 1.82) is 0 Å². The van der Waals surface area contributed by atoms with Crippen LogP contribution in [0.2, 0.25) is 0 Å². The summed E-state index contributed by atoms with van der Waals surface area (Å²) in [5.41, 5.74) is 0.936. The van der Waals surface area contributed by atoms with Crippen molar-refractivity contribution in [1.82, 2.24) is 5.32 Å². The minimum Gasteiger partial charge on any atom is -0.351 e. The molecule has 0 aliphatic heterocycles. The van der Waals surface area contributed by atoms with Gasteiger partial charge in [-0.25, -0.2) is 4.39 Å². The molecule has 0 unspecified atom stereocenters. The molecule has 1 aromatic rings. The van der Waals surface area contributed by atoms with E-state index in [9.17, 15) is 9.18 Å². The molecule has 4 heteroatoms. The van der Waals surface area contributed by atoms with Crippen LogP contribution in [0.15, 0.2) is 18.2 Å². The molecule has 0 fully saturated rings. The van der Waals surface area contributed by atoms with Gasteiger partial charge in [0.15, 0.2) is 0 Å². The van der Waals surface area contributed by atoms with Gasteiger partial charge in [-0.15, -0.1) is 11.6 Å². The summed E-state index contributed by atoms with van der Waals surface area (Å²) in [6.07, 6.45) is 1.83. The molecule has 0 aromatic heterocycles. The highest BCUT2D eigenvalue weighted by Gasteiger charge is 2.19. The van der Waals surface area contributed by atoms with E-state index in [0.29, 0.717) is 12.4 Å². The number of halogens is 2. The second kappa shape index (κ2) is 6.90. The Morgan fingerprint density at radius 3 is 2.74 bits per heavy atom. The number of amides is 1. The summed E-state index contributed by atoms with van der Waals surface area (Å²) in [6.45, 7) is 6.47. The first kappa shape index (κ1) is 16.0. The van der Waals surface area contributed by atoms with Crippen LogP contribution >= 0.6 is 11.6 Å². The zero-order chi connectivity index (χ0) is 14.5. The van der Waals surface area contributed by atoms with Crippen molar-refractivity contribution in [3.8, 4) is 0 Å². The van der Waals surface area contributed by atoms with Crippen molar-refractivity contribution in [2.75, 3.05) is 12.4 Å². The van der Waals surface area contributed by atoms with Gasteiger partial charge in [0.1, 0.15) is 5.82 Å². The molecule has 1 amide bonds. The number of alkyl halides is 1. The molecular weight excluding hydrogens is 265 g/mol. The Morgan fingerprint density at radius 2 is 2.11 bits per heavy atom. The zero-order valence-electron chi connectivity index (χ0n) is 11.7. The summed E-state index contributed by atoms with van der Waals surface area (Å²) in [4.78, 5) is 12.0. The number of rotatable bonds is 6. The molecule has 0 saturated heterocycles. The van der Waals surface area contributed by atoms with Gasteiger partial charge in [0.2, 0.25) is 0 Å². The number of aryl methyl sites for hydroxylation is 1. The maximum Gasteiger partial charge on any atom is 0.254 e. The Balaban J connectivity index is 2.62. The minimum atomic E-state index is -0.485. The van der Waals surface area contributed by atoms with E-state index in [4.69, 9.17) is 11.6 Å². The maximum absolute atomic E-state index is 13.6. The molecule has 106 valence electrons. The standard InChI is InChI=1S/C15H21ClFNO/c1-11-5-6-13(17)12(9-11)14(19)18-10-15(2,3)7-4-8-16/h5-6,9H,4,7-8,10H2,1-3H3,(H,18,19). The normalized spacial score (nSPS) is 11.4. The molecular formula is C15H21ClFNO. The number of carbonyl (C=O) groups is 1. The number of hydrogen-bond donors (Lipinski definition) is 1. The fraction of sp³-hybridized carbons (Fsp3) is 0.533. The number of nitrogens with one attached hydrogen (secondary N) is 1. The molecule has 0 atom stereocenters. The predicted octanol–water partition coefficient (Wildman–Crippen LogP) is 3.91. The fourth-order valence-electron chi connectivity index (χ4n) is 1.86. The first-order valence-electron chi connectivity index (χ1n) is 6.46. The van der Waals surface area contributed by atoms with Gasteiger partial charge in [-0.3, -0.25) is 4.79 Å². The lowest BCUT2D eigenvalue weighted by Crippen LogP contribution is -2.34. The van der Waals surface area contributed by atoms with Crippen molar-refractivity contribution in [2.45, 2.75) is 33.6 Å². The Morgan fingerprint density at radius 1 is 1.42 bits per heavy atom. The highest BCUT2D eigenvalue weighted by atomic mass is 35.5. The van der Waals surface area contributed by atoms with E-state index in [2.05, 4.69) is 19.2 Å². The summed E-state index contributed by atoms with van der Waals surface area (Å²) < 4.78 is 13.6. The third kappa shape index (κ3) is 5.19. The molecule has 2 nitrogen and oxygen atoms in total. The van der Waals surface area contributed by atoms with Crippen LogP contribution in [0.5, 0.6) is 0 Å². The van der Waals surface area contributed by atoms with Gasteiger partial charge < -0.3 is 5.32 Å². The van der Waals surface area contributed by atoms with E-state index in [0.717, 1.165) is 18.4 Å². The quantitative estimate of drug-likeness (QED) is 0.789. The monoisotopic (exact) mass is 285 g/mol. The van der Waals surface area contributed by atoms with Crippen molar-refractivity contribution < 1.29 is 9.18 Å². The number of benzene rings is 1. The molecule has 0 saturated carbocycles. The van der Waals surface area contributed by atoms with E-state index in [1.807, 2.05) is 6.92 Å². The number of carbonyl (C=O) groups excluding carboxylic acids is 1. The predicted molar refractivity (Wildman–Crippen MR) is 77.2 cm³/mol. The van der Waals surface area contributed by atoms with Gasteiger partial charge in [-0.1, -0.05) is 25.5 Å². The largest absolute Gasteiger partial charge is 0.351 e. The van der Waals surface area contributed by atoms with Crippen LogP contribution in [0.4, 0.5) is 4.39 Å².